The van der Waals surface area contributed by atoms with Crippen LogP contribution in [0.15, 0.2) is 23.2 Å². The van der Waals surface area contributed by atoms with Crippen LogP contribution in [0, 0.1) is 12.7 Å². The molecule has 0 atom stereocenters. The van der Waals surface area contributed by atoms with Crippen LogP contribution in [0.4, 0.5) is 4.39 Å². The molecule has 0 amide bonds. The highest BCUT2D eigenvalue weighted by Crippen LogP contribution is 2.10. The third-order valence-corrected chi connectivity index (χ3v) is 3.85. The molecule has 5 heteroatoms. The molecule has 0 spiro atoms. The third-order valence-electron chi connectivity index (χ3n) is 3.85. The van der Waals surface area contributed by atoms with E-state index in [2.05, 4.69) is 41.4 Å². The van der Waals surface area contributed by atoms with E-state index < -0.39 is 0 Å². The maximum atomic E-state index is 13.1. The monoisotopic (exact) mass is 308 g/mol. The standard InChI is InChI=1S/C17H29FN4/c1-13(2)22(5)11-10-21-17(19-4)20-9-8-15-6-7-16(18)12-14(15)3/h6-7,12-13H,8-11H2,1-5H3,(H2,19,20,21). The van der Waals surface area contributed by atoms with Crippen LogP contribution >= 0.6 is 0 Å². The summed E-state index contributed by atoms with van der Waals surface area (Å²) in [4.78, 5) is 6.49. The van der Waals surface area contributed by atoms with E-state index in [1.54, 1.807) is 13.1 Å². The molecule has 2 N–H and O–H groups in total. The highest BCUT2D eigenvalue weighted by molar-refractivity contribution is 5.79. The molecule has 0 aliphatic rings. The summed E-state index contributed by atoms with van der Waals surface area (Å²) in [5.41, 5.74) is 2.15. The molecular weight excluding hydrogens is 279 g/mol. The van der Waals surface area contributed by atoms with Gasteiger partial charge in [-0.05, 0) is 57.5 Å². The van der Waals surface area contributed by atoms with Crippen LogP contribution in [0.25, 0.3) is 0 Å². The lowest BCUT2D eigenvalue weighted by Crippen LogP contribution is -2.42. The van der Waals surface area contributed by atoms with Crippen molar-refractivity contribution < 1.29 is 4.39 Å². The first-order valence-electron chi connectivity index (χ1n) is 7.83. The first-order chi connectivity index (χ1) is 10.4. The number of aryl methyl sites for hydroxylation is 1. The summed E-state index contributed by atoms with van der Waals surface area (Å²) in [6.45, 7) is 8.88. The lowest BCUT2D eigenvalue weighted by Gasteiger charge is -2.21. The Morgan fingerprint density at radius 1 is 1.27 bits per heavy atom. The molecule has 0 saturated heterocycles. The first-order valence-corrected chi connectivity index (χ1v) is 7.83. The van der Waals surface area contributed by atoms with E-state index >= 15 is 0 Å². The molecule has 22 heavy (non-hydrogen) atoms. The highest BCUT2D eigenvalue weighted by Gasteiger charge is 2.04. The van der Waals surface area contributed by atoms with Crippen LogP contribution in [-0.4, -0.2) is 50.6 Å². The summed E-state index contributed by atoms with van der Waals surface area (Å²) in [5, 5.41) is 6.59. The Hall–Kier alpha value is -1.62. The Kier molecular flexibility index (Phi) is 7.88. The molecule has 0 radical (unpaired) electrons. The second-order valence-electron chi connectivity index (χ2n) is 5.82. The van der Waals surface area contributed by atoms with Crippen molar-refractivity contribution in [2.24, 2.45) is 4.99 Å². The average molecular weight is 308 g/mol. The average Bonchev–Trinajstić information content (AvgIpc) is 2.47. The van der Waals surface area contributed by atoms with Crippen LogP contribution in [0.1, 0.15) is 25.0 Å². The van der Waals surface area contributed by atoms with Crippen LogP contribution < -0.4 is 10.6 Å². The summed E-state index contributed by atoms with van der Waals surface area (Å²) in [5.74, 6) is 0.623. The molecule has 4 nitrogen and oxygen atoms in total. The Morgan fingerprint density at radius 2 is 1.95 bits per heavy atom. The molecule has 1 aromatic rings. The highest BCUT2D eigenvalue weighted by atomic mass is 19.1. The van der Waals surface area contributed by atoms with Crippen molar-refractivity contribution in [2.75, 3.05) is 33.7 Å². The quantitative estimate of drug-likeness (QED) is 0.599. The zero-order chi connectivity index (χ0) is 16.5. The molecular formula is C17H29FN4. The summed E-state index contributed by atoms with van der Waals surface area (Å²) in [6, 6.07) is 5.47. The number of guanidine groups is 1. The van der Waals surface area contributed by atoms with Crippen LogP contribution in [0.5, 0.6) is 0 Å². The van der Waals surface area contributed by atoms with E-state index in [0.717, 1.165) is 43.1 Å². The van der Waals surface area contributed by atoms with Gasteiger partial charge in [0.15, 0.2) is 5.96 Å². The molecule has 124 valence electrons. The van der Waals surface area contributed by atoms with Gasteiger partial charge < -0.3 is 15.5 Å². The number of hydrogen-bond acceptors (Lipinski definition) is 2. The Bertz CT molecular complexity index is 486. The van der Waals surface area contributed by atoms with Gasteiger partial charge in [-0.3, -0.25) is 4.99 Å². The summed E-state index contributed by atoms with van der Waals surface area (Å²) in [6.07, 6.45) is 0.846. The topological polar surface area (TPSA) is 39.7 Å². The second kappa shape index (κ2) is 9.41. The van der Waals surface area contributed by atoms with Crippen molar-refractivity contribution in [2.45, 2.75) is 33.2 Å². The van der Waals surface area contributed by atoms with Crippen LogP contribution in [-0.2, 0) is 6.42 Å². The fourth-order valence-corrected chi connectivity index (χ4v) is 2.08. The van der Waals surface area contributed by atoms with Gasteiger partial charge in [0.2, 0.25) is 0 Å². The predicted molar refractivity (Wildman–Crippen MR) is 92.0 cm³/mol. The number of halogens is 1. The number of hydrogen-bond donors (Lipinski definition) is 2. The van der Waals surface area contributed by atoms with E-state index in [0.29, 0.717) is 6.04 Å². The summed E-state index contributed by atoms with van der Waals surface area (Å²) >= 11 is 0. The number of rotatable bonds is 7. The molecule has 0 aromatic heterocycles. The fraction of sp³-hybridized carbons (Fsp3) is 0.588. The Labute approximate surface area is 133 Å². The molecule has 0 aliphatic carbocycles. The van der Waals surface area contributed by atoms with Gasteiger partial charge in [0.05, 0.1) is 0 Å². The van der Waals surface area contributed by atoms with Gasteiger partial charge in [0, 0.05) is 32.7 Å². The maximum Gasteiger partial charge on any atom is 0.191 e. The van der Waals surface area contributed by atoms with Gasteiger partial charge in [-0.15, -0.1) is 0 Å². The van der Waals surface area contributed by atoms with Crippen molar-refractivity contribution in [3.05, 3.63) is 35.1 Å². The number of nitrogens with one attached hydrogen (secondary N) is 2. The van der Waals surface area contributed by atoms with E-state index in [1.807, 2.05) is 13.0 Å². The van der Waals surface area contributed by atoms with Crippen LogP contribution in [0.3, 0.4) is 0 Å². The van der Waals surface area contributed by atoms with Gasteiger partial charge in [-0.2, -0.15) is 0 Å². The molecule has 0 saturated carbocycles. The zero-order valence-electron chi connectivity index (χ0n) is 14.4. The van der Waals surface area contributed by atoms with E-state index in [-0.39, 0.29) is 5.82 Å². The van der Waals surface area contributed by atoms with Crippen molar-refractivity contribution in [3.63, 3.8) is 0 Å². The van der Waals surface area contributed by atoms with Crippen molar-refractivity contribution in [1.82, 2.24) is 15.5 Å². The molecule has 0 bridgehead atoms. The van der Waals surface area contributed by atoms with Gasteiger partial charge in [0.1, 0.15) is 5.82 Å². The van der Waals surface area contributed by atoms with E-state index in [9.17, 15) is 4.39 Å². The van der Waals surface area contributed by atoms with Gasteiger partial charge >= 0.3 is 0 Å². The third kappa shape index (κ3) is 6.43. The normalized spacial score (nSPS) is 12.1. The predicted octanol–water partition coefficient (Wildman–Crippen LogP) is 2.18. The second-order valence-corrected chi connectivity index (χ2v) is 5.82. The minimum Gasteiger partial charge on any atom is -0.356 e. The van der Waals surface area contributed by atoms with E-state index in [4.69, 9.17) is 0 Å². The number of benzene rings is 1. The minimum absolute atomic E-state index is 0.180. The SMILES string of the molecule is CN=C(NCCc1ccc(F)cc1C)NCCN(C)C(C)C. The molecule has 1 aromatic carbocycles. The Balaban J connectivity index is 2.32. The van der Waals surface area contributed by atoms with Crippen molar-refractivity contribution in [1.29, 1.82) is 0 Å². The number of aliphatic imine (C=N–C) groups is 1. The molecule has 0 unspecified atom stereocenters. The minimum atomic E-state index is -0.180. The smallest absolute Gasteiger partial charge is 0.191 e. The number of nitrogens with zero attached hydrogens (tertiary/aromatic N) is 2. The van der Waals surface area contributed by atoms with Gasteiger partial charge in [-0.25, -0.2) is 4.39 Å². The van der Waals surface area contributed by atoms with Gasteiger partial charge in [0.25, 0.3) is 0 Å². The van der Waals surface area contributed by atoms with Crippen molar-refractivity contribution in [3.8, 4) is 0 Å². The fourth-order valence-electron chi connectivity index (χ4n) is 2.08. The molecule has 0 heterocycles. The summed E-state index contributed by atoms with van der Waals surface area (Å²) < 4.78 is 13.1. The molecule has 0 fully saturated rings. The largest absolute Gasteiger partial charge is 0.356 e. The van der Waals surface area contributed by atoms with Crippen LogP contribution in [0.2, 0.25) is 0 Å². The number of likely N-dealkylation sites (N-methyl/N-ethyl adjacent to an activating group) is 1. The molecule has 1 rings (SSSR count). The lowest BCUT2D eigenvalue weighted by molar-refractivity contribution is 0.278. The van der Waals surface area contributed by atoms with E-state index in [1.165, 1.54) is 6.07 Å². The lowest BCUT2D eigenvalue weighted by atomic mass is 10.1. The van der Waals surface area contributed by atoms with Crippen molar-refractivity contribution >= 4 is 5.96 Å². The van der Waals surface area contributed by atoms with Gasteiger partial charge in [-0.1, -0.05) is 6.07 Å². The maximum absolute atomic E-state index is 13.1. The molecule has 0 aliphatic heterocycles. The zero-order valence-corrected chi connectivity index (χ0v) is 14.4. The Morgan fingerprint density at radius 3 is 2.55 bits per heavy atom. The first kappa shape index (κ1) is 18.4. The summed E-state index contributed by atoms with van der Waals surface area (Å²) in [7, 11) is 3.88.